The number of hydrogen-bond donors (Lipinski definition) is 3. The monoisotopic (exact) mass is 323 g/mol. The summed E-state index contributed by atoms with van der Waals surface area (Å²) in [7, 11) is 0. The summed E-state index contributed by atoms with van der Waals surface area (Å²) in [4.78, 5) is 11.9. The van der Waals surface area contributed by atoms with E-state index in [1.165, 1.54) is 0 Å². The molecule has 0 saturated carbocycles. The number of benzene rings is 1. The number of amides is 1. The number of nitrogens with one attached hydrogen (secondary N) is 2. The van der Waals surface area contributed by atoms with Crippen molar-refractivity contribution >= 4 is 6.09 Å². The van der Waals surface area contributed by atoms with E-state index >= 15 is 0 Å². The second kappa shape index (κ2) is 10.2. The van der Waals surface area contributed by atoms with Gasteiger partial charge in [0.2, 0.25) is 0 Å². The Balaban J connectivity index is 2.42. The molecule has 4 N–H and O–H groups in total. The maximum Gasteiger partial charge on any atom is 0.407 e. The largest absolute Gasteiger partial charge is 0.444 e. The van der Waals surface area contributed by atoms with Crippen molar-refractivity contribution in [1.82, 2.24) is 10.6 Å². The summed E-state index contributed by atoms with van der Waals surface area (Å²) >= 11 is 0. The molecule has 1 atom stereocenters. The highest BCUT2D eigenvalue weighted by Crippen LogP contribution is 2.07. The number of carbonyl (C=O) groups excluding carboxylic acids is 1. The van der Waals surface area contributed by atoms with E-state index in [4.69, 9.17) is 15.2 Å². The highest BCUT2D eigenvalue weighted by atomic mass is 16.6. The Morgan fingerprint density at radius 2 is 1.96 bits per heavy atom. The molecule has 1 aromatic carbocycles. The molecule has 0 heterocycles. The molecule has 0 radical (unpaired) electrons. The van der Waals surface area contributed by atoms with E-state index in [9.17, 15) is 4.79 Å². The quantitative estimate of drug-likeness (QED) is 0.602. The fourth-order valence-electron chi connectivity index (χ4n) is 1.90. The lowest BCUT2D eigenvalue weighted by Crippen LogP contribution is -2.47. The van der Waals surface area contributed by atoms with E-state index in [-0.39, 0.29) is 6.04 Å². The standard InChI is InChI=1S/C17H29N3O3/c1-17(2,3)23-16(21)20-15(11-19-10-9-18)13-22-12-14-7-5-4-6-8-14/h4-8,15,19H,9-13,18H2,1-3H3,(H,20,21)/t15-/m0/s1. The molecule has 0 spiro atoms. The van der Waals surface area contributed by atoms with Crippen LogP contribution in [0.15, 0.2) is 30.3 Å². The smallest absolute Gasteiger partial charge is 0.407 e. The summed E-state index contributed by atoms with van der Waals surface area (Å²) in [6, 6.07) is 9.73. The topological polar surface area (TPSA) is 85.6 Å². The van der Waals surface area contributed by atoms with Crippen LogP contribution in [0.1, 0.15) is 26.3 Å². The Morgan fingerprint density at radius 3 is 2.57 bits per heavy atom. The van der Waals surface area contributed by atoms with E-state index < -0.39 is 11.7 Å². The Bertz CT molecular complexity index is 446. The summed E-state index contributed by atoms with van der Waals surface area (Å²) < 4.78 is 11.0. The Morgan fingerprint density at radius 1 is 1.26 bits per heavy atom. The average molecular weight is 323 g/mol. The third kappa shape index (κ3) is 9.89. The first-order valence-corrected chi connectivity index (χ1v) is 7.92. The van der Waals surface area contributed by atoms with Gasteiger partial charge in [-0.05, 0) is 26.3 Å². The number of carbonyl (C=O) groups is 1. The number of nitrogens with two attached hydrogens (primary N) is 1. The average Bonchev–Trinajstić information content (AvgIpc) is 2.46. The van der Waals surface area contributed by atoms with Crippen LogP contribution in [-0.4, -0.2) is 44.0 Å². The van der Waals surface area contributed by atoms with Crippen LogP contribution in [0.25, 0.3) is 0 Å². The van der Waals surface area contributed by atoms with E-state index in [2.05, 4.69) is 10.6 Å². The van der Waals surface area contributed by atoms with Gasteiger partial charge in [-0.2, -0.15) is 0 Å². The van der Waals surface area contributed by atoms with Crippen LogP contribution in [0, 0.1) is 0 Å². The molecule has 0 aliphatic rings. The van der Waals surface area contributed by atoms with E-state index in [1.54, 1.807) is 0 Å². The molecule has 0 bridgehead atoms. The molecular formula is C17H29N3O3. The Labute approximate surface area is 138 Å². The molecule has 6 nitrogen and oxygen atoms in total. The SMILES string of the molecule is CC(C)(C)OC(=O)N[C@@H](CNCCN)COCc1ccccc1. The minimum absolute atomic E-state index is 0.180. The van der Waals surface area contributed by atoms with Crippen molar-refractivity contribution < 1.29 is 14.3 Å². The number of rotatable bonds is 9. The first kappa shape index (κ1) is 19.4. The maximum absolute atomic E-state index is 11.9. The van der Waals surface area contributed by atoms with Gasteiger partial charge in [-0.25, -0.2) is 4.79 Å². The minimum Gasteiger partial charge on any atom is -0.444 e. The molecule has 0 fully saturated rings. The zero-order valence-corrected chi connectivity index (χ0v) is 14.3. The molecule has 0 saturated heterocycles. The molecule has 23 heavy (non-hydrogen) atoms. The Hall–Kier alpha value is -1.63. The van der Waals surface area contributed by atoms with Gasteiger partial charge in [0, 0.05) is 19.6 Å². The lowest BCUT2D eigenvalue weighted by molar-refractivity contribution is 0.0429. The fraction of sp³-hybridized carbons (Fsp3) is 0.588. The van der Waals surface area contributed by atoms with Crippen molar-refractivity contribution in [2.24, 2.45) is 5.73 Å². The number of alkyl carbamates (subject to hydrolysis) is 1. The van der Waals surface area contributed by atoms with Crippen LogP contribution in [-0.2, 0) is 16.1 Å². The molecule has 1 rings (SSSR count). The summed E-state index contributed by atoms with van der Waals surface area (Å²) in [5.74, 6) is 0. The zero-order chi connectivity index (χ0) is 17.1. The third-order valence-electron chi connectivity index (χ3n) is 2.86. The van der Waals surface area contributed by atoms with E-state index in [0.29, 0.717) is 32.8 Å². The summed E-state index contributed by atoms with van der Waals surface area (Å²) in [6.45, 7) is 8.21. The lowest BCUT2D eigenvalue weighted by atomic mass is 10.2. The maximum atomic E-state index is 11.9. The van der Waals surface area contributed by atoms with Crippen LogP contribution in [0.2, 0.25) is 0 Å². The van der Waals surface area contributed by atoms with E-state index in [0.717, 1.165) is 5.56 Å². The van der Waals surface area contributed by atoms with Crippen LogP contribution in [0.3, 0.4) is 0 Å². The highest BCUT2D eigenvalue weighted by Gasteiger charge is 2.19. The predicted molar refractivity (Wildman–Crippen MR) is 91.2 cm³/mol. The molecule has 0 aromatic heterocycles. The van der Waals surface area contributed by atoms with Crippen molar-refractivity contribution in [2.45, 2.75) is 39.0 Å². The zero-order valence-electron chi connectivity index (χ0n) is 14.3. The van der Waals surface area contributed by atoms with Gasteiger partial charge in [0.15, 0.2) is 0 Å². The van der Waals surface area contributed by atoms with Gasteiger partial charge in [0.05, 0.1) is 19.3 Å². The Kier molecular flexibility index (Phi) is 8.61. The van der Waals surface area contributed by atoms with Gasteiger partial charge < -0.3 is 25.8 Å². The van der Waals surface area contributed by atoms with Crippen LogP contribution in [0.5, 0.6) is 0 Å². The van der Waals surface area contributed by atoms with Crippen molar-refractivity contribution in [3.05, 3.63) is 35.9 Å². The normalized spacial score (nSPS) is 12.7. The first-order valence-electron chi connectivity index (χ1n) is 7.92. The minimum atomic E-state index is -0.524. The second-order valence-corrected chi connectivity index (χ2v) is 6.34. The number of ether oxygens (including phenoxy) is 2. The lowest BCUT2D eigenvalue weighted by Gasteiger charge is -2.24. The predicted octanol–water partition coefficient (Wildman–Crippen LogP) is 1.64. The van der Waals surface area contributed by atoms with Gasteiger partial charge in [0.1, 0.15) is 5.60 Å². The third-order valence-corrected chi connectivity index (χ3v) is 2.86. The molecule has 1 amide bonds. The fourth-order valence-corrected chi connectivity index (χ4v) is 1.90. The highest BCUT2D eigenvalue weighted by molar-refractivity contribution is 5.68. The van der Waals surface area contributed by atoms with Crippen molar-refractivity contribution in [3.63, 3.8) is 0 Å². The first-order chi connectivity index (χ1) is 10.9. The molecule has 1 aromatic rings. The van der Waals surface area contributed by atoms with Gasteiger partial charge >= 0.3 is 6.09 Å². The van der Waals surface area contributed by atoms with Gasteiger partial charge in [-0.1, -0.05) is 30.3 Å². The van der Waals surface area contributed by atoms with Crippen LogP contribution in [0.4, 0.5) is 4.79 Å². The van der Waals surface area contributed by atoms with Crippen molar-refractivity contribution in [2.75, 3.05) is 26.2 Å². The molecular weight excluding hydrogens is 294 g/mol. The number of hydrogen-bond acceptors (Lipinski definition) is 5. The second-order valence-electron chi connectivity index (χ2n) is 6.34. The van der Waals surface area contributed by atoms with Crippen LogP contribution >= 0.6 is 0 Å². The summed E-state index contributed by atoms with van der Waals surface area (Å²) in [5, 5.41) is 6.01. The molecule has 130 valence electrons. The molecule has 0 aliphatic heterocycles. The summed E-state index contributed by atoms with van der Waals surface area (Å²) in [6.07, 6.45) is -0.444. The summed E-state index contributed by atoms with van der Waals surface area (Å²) in [5.41, 5.74) is 6.04. The molecule has 0 unspecified atom stereocenters. The molecule has 0 aliphatic carbocycles. The van der Waals surface area contributed by atoms with Gasteiger partial charge in [0.25, 0.3) is 0 Å². The van der Waals surface area contributed by atoms with E-state index in [1.807, 2.05) is 51.1 Å². The molecule has 6 heteroatoms. The van der Waals surface area contributed by atoms with Gasteiger partial charge in [-0.3, -0.25) is 0 Å². The van der Waals surface area contributed by atoms with Gasteiger partial charge in [-0.15, -0.1) is 0 Å². The van der Waals surface area contributed by atoms with Crippen molar-refractivity contribution in [1.29, 1.82) is 0 Å². The van der Waals surface area contributed by atoms with Crippen LogP contribution < -0.4 is 16.4 Å². The van der Waals surface area contributed by atoms with Crippen molar-refractivity contribution in [3.8, 4) is 0 Å².